The van der Waals surface area contributed by atoms with Gasteiger partial charge in [-0.05, 0) is 30.0 Å². The van der Waals surface area contributed by atoms with Gasteiger partial charge in [0.2, 0.25) is 0 Å². The van der Waals surface area contributed by atoms with Gasteiger partial charge in [-0.1, -0.05) is 47.6 Å². The number of rotatable bonds is 9. The standard InChI is InChI=1S/C16H32O3Si/c1-8-18-16(17)11-9-10-12-19-20(13(2)3,14(4)5)15(6)7/h9,11,13-15H,8,10,12H2,1-7H3/b11-9+. The van der Waals surface area contributed by atoms with Crippen molar-refractivity contribution in [3.63, 3.8) is 0 Å². The summed E-state index contributed by atoms with van der Waals surface area (Å²) in [5, 5.41) is 0. The van der Waals surface area contributed by atoms with Crippen molar-refractivity contribution in [1.82, 2.24) is 0 Å². The van der Waals surface area contributed by atoms with Crippen molar-refractivity contribution in [2.45, 2.75) is 71.5 Å². The Morgan fingerprint density at radius 2 is 1.55 bits per heavy atom. The highest BCUT2D eigenvalue weighted by Crippen LogP contribution is 2.42. The largest absolute Gasteiger partial charge is 0.463 e. The molecule has 0 aliphatic heterocycles. The molecule has 4 heteroatoms. The van der Waals surface area contributed by atoms with Crippen molar-refractivity contribution in [3.05, 3.63) is 12.2 Å². The lowest BCUT2D eigenvalue weighted by Gasteiger charge is -2.42. The van der Waals surface area contributed by atoms with Gasteiger partial charge in [0.05, 0.1) is 6.61 Å². The molecule has 0 spiro atoms. The second kappa shape index (κ2) is 9.35. The number of ether oxygens (including phenoxy) is 1. The van der Waals surface area contributed by atoms with Gasteiger partial charge in [-0.15, -0.1) is 0 Å². The van der Waals surface area contributed by atoms with Gasteiger partial charge >= 0.3 is 5.97 Å². The molecule has 0 heterocycles. The lowest BCUT2D eigenvalue weighted by molar-refractivity contribution is -0.137. The second-order valence-electron chi connectivity index (χ2n) is 6.11. The SMILES string of the molecule is CCOC(=O)/C=C/CCO[Si](C(C)C)(C(C)C)C(C)C. The molecule has 0 aliphatic carbocycles. The maximum absolute atomic E-state index is 11.2. The minimum Gasteiger partial charge on any atom is -0.463 e. The molecule has 0 aromatic heterocycles. The average Bonchev–Trinajstić information content (AvgIpc) is 2.32. The first-order chi connectivity index (χ1) is 9.28. The Kier molecular flexibility index (Phi) is 9.06. The molecule has 0 rings (SSSR count). The van der Waals surface area contributed by atoms with Crippen LogP contribution in [0.2, 0.25) is 16.6 Å². The molecule has 0 aliphatic rings. The summed E-state index contributed by atoms with van der Waals surface area (Å²) in [5.74, 6) is -0.271. The van der Waals surface area contributed by atoms with Crippen LogP contribution < -0.4 is 0 Å². The van der Waals surface area contributed by atoms with Crippen LogP contribution in [-0.2, 0) is 14.0 Å². The van der Waals surface area contributed by atoms with Crippen molar-refractivity contribution < 1.29 is 14.0 Å². The van der Waals surface area contributed by atoms with Gasteiger partial charge in [-0.2, -0.15) is 0 Å². The fraction of sp³-hybridized carbons (Fsp3) is 0.812. The van der Waals surface area contributed by atoms with Gasteiger partial charge in [0.1, 0.15) is 0 Å². The topological polar surface area (TPSA) is 35.5 Å². The van der Waals surface area contributed by atoms with Gasteiger partial charge in [0.25, 0.3) is 0 Å². The molecule has 3 nitrogen and oxygen atoms in total. The first-order valence-electron chi connectivity index (χ1n) is 7.76. The van der Waals surface area contributed by atoms with Crippen molar-refractivity contribution in [1.29, 1.82) is 0 Å². The summed E-state index contributed by atoms with van der Waals surface area (Å²) in [4.78, 5) is 11.2. The van der Waals surface area contributed by atoms with Crippen LogP contribution in [0.1, 0.15) is 54.9 Å². The molecule has 0 aromatic rings. The van der Waals surface area contributed by atoms with Crippen molar-refractivity contribution in [2.24, 2.45) is 0 Å². The molecule has 0 atom stereocenters. The summed E-state index contributed by atoms with van der Waals surface area (Å²) in [7, 11) is -1.77. The van der Waals surface area contributed by atoms with E-state index in [2.05, 4.69) is 41.5 Å². The average molecular weight is 301 g/mol. The number of carbonyl (C=O) groups excluding carboxylic acids is 1. The third-order valence-corrected chi connectivity index (χ3v) is 10.0. The van der Waals surface area contributed by atoms with E-state index in [1.165, 1.54) is 6.08 Å². The summed E-state index contributed by atoms with van der Waals surface area (Å²) in [6.07, 6.45) is 4.11. The Bertz CT molecular complexity index is 287. The third-order valence-electron chi connectivity index (χ3n) is 3.88. The van der Waals surface area contributed by atoms with E-state index in [1.54, 1.807) is 0 Å². The van der Waals surface area contributed by atoms with Crippen molar-refractivity contribution in [3.8, 4) is 0 Å². The summed E-state index contributed by atoms with van der Waals surface area (Å²) >= 11 is 0. The molecule has 0 fully saturated rings. The van der Waals surface area contributed by atoms with Crippen LogP contribution in [0.3, 0.4) is 0 Å². The van der Waals surface area contributed by atoms with E-state index in [0.29, 0.717) is 29.8 Å². The first kappa shape index (κ1) is 19.4. The summed E-state index contributed by atoms with van der Waals surface area (Å²) in [5.41, 5.74) is 1.78. The Hall–Kier alpha value is -0.613. The predicted molar refractivity (Wildman–Crippen MR) is 87.4 cm³/mol. The monoisotopic (exact) mass is 300 g/mol. The van der Waals surface area contributed by atoms with Crippen molar-refractivity contribution >= 4 is 14.3 Å². The van der Waals surface area contributed by atoms with E-state index in [0.717, 1.165) is 6.42 Å². The molecule has 0 saturated carbocycles. The van der Waals surface area contributed by atoms with E-state index >= 15 is 0 Å². The zero-order chi connectivity index (χ0) is 15.8. The highest BCUT2D eigenvalue weighted by Gasteiger charge is 2.44. The maximum atomic E-state index is 11.2. The van der Waals surface area contributed by atoms with Crippen molar-refractivity contribution in [2.75, 3.05) is 13.2 Å². The fourth-order valence-corrected chi connectivity index (χ4v) is 8.65. The molecule has 118 valence electrons. The Labute approximate surface area is 125 Å². The number of hydrogen-bond acceptors (Lipinski definition) is 3. The quantitative estimate of drug-likeness (QED) is 0.268. The normalized spacial score (nSPS) is 12.9. The van der Waals surface area contributed by atoms with Gasteiger partial charge in [-0.3, -0.25) is 0 Å². The van der Waals surface area contributed by atoms with E-state index < -0.39 is 8.32 Å². The summed E-state index contributed by atoms with van der Waals surface area (Å²) in [6, 6.07) is 0. The predicted octanol–water partition coefficient (Wildman–Crippen LogP) is 4.69. The van der Waals surface area contributed by atoms with Crippen LogP contribution in [0, 0.1) is 0 Å². The van der Waals surface area contributed by atoms with Crippen LogP contribution in [0.15, 0.2) is 12.2 Å². The molecule has 0 unspecified atom stereocenters. The van der Waals surface area contributed by atoms with E-state index in [9.17, 15) is 4.79 Å². The minimum absolute atomic E-state index is 0.271. The van der Waals surface area contributed by atoms with Crippen LogP contribution in [-0.4, -0.2) is 27.5 Å². The van der Waals surface area contributed by atoms with Gasteiger partial charge in [0, 0.05) is 12.7 Å². The lowest BCUT2D eigenvalue weighted by Crippen LogP contribution is -2.47. The summed E-state index contributed by atoms with van der Waals surface area (Å²) in [6.45, 7) is 16.6. The lowest BCUT2D eigenvalue weighted by atomic mass is 10.4. The second-order valence-corrected chi connectivity index (χ2v) is 11.6. The van der Waals surface area contributed by atoms with Crippen LogP contribution in [0.4, 0.5) is 0 Å². The Balaban J connectivity index is 4.46. The fourth-order valence-electron chi connectivity index (χ4n) is 3.17. The highest BCUT2D eigenvalue weighted by atomic mass is 28.4. The summed E-state index contributed by atoms with van der Waals surface area (Å²) < 4.78 is 11.2. The highest BCUT2D eigenvalue weighted by molar-refractivity contribution is 6.77. The van der Waals surface area contributed by atoms with E-state index in [4.69, 9.17) is 9.16 Å². The van der Waals surface area contributed by atoms with E-state index in [-0.39, 0.29) is 5.97 Å². The smallest absolute Gasteiger partial charge is 0.330 e. The zero-order valence-corrected chi connectivity index (χ0v) is 15.2. The maximum Gasteiger partial charge on any atom is 0.330 e. The first-order valence-corrected chi connectivity index (χ1v) is 9.90. The van der Waals surface area contributed by atoms with Crippen LogP contribution in [0.25, 0.3) is 0 Å². The molecule has 0 bridgehead atoms. The Morgan fingerprint density at radius 3 is 1.95 bits per heavy atom. The third kappa shape index (κ3) is 5.41. The van der Waals surface area contributed by atoms with Gasteiger partial charge < -0.3 is 9.16 Å². The van der Waals surface area contributed by atoms with Crippen LogP contribution >= 0.6 is 0 Å². The molecular formula is C16H32O3Si. The zero-order valence-electron chi connectivity index (χ0n) is 14.2. The number of carbonyl (C=O) groups is 1. The molecule has 0 amide bonds. The van der Waals surface area contributed by atoms with Gasteiger partial charge in [-0.25, -0.2) is 4.79 Å². The number of esters is 1. The molecule has 20 heavy (non-hydrogen) atoms. The molecule has 0 aromatic carbocycles. The van der Waals surface area contributed by atoms with Gasteiger partial charge in [0.15, 0.2) is 8.32 Å². The Morgan fingerprint density at radius 1 is 1.05 bits per heavy atom. The number of hydrogen-bond donors (Lipinski definition) is 0. The molecule has 0 N–H and O–H groups in total. The molecule has 0 saturated heterocycles. The minimum atomic E-state index is -1.77. The molecule has 0 radical (unpaired) electrons. The van der Waals surface area contributed by atoms with Crippen LogP contribution in [0.5, 0.6) is 0 Å². The molecular weight excluding hydrogens is 268 g/mol. The van der Waals surface area contributed by atoms with E-state index in [1.807, 2.05) is 13.0 Å².